The maximum Gasteiger partial charge on any atom is 0.407 e. The minimum atomic E-state index is -0.267. The first-order valence-corrected chi connectivity index (χ1v) is 14.9. The van der Waals surface area contributed by atoms with Gasteiger partial charge in [-0.3, -0.25) is 4.99 Å². The lowest BCUT2D eigenvalue weighted by molar-refractivity contribution is -0.0962. The smallest absolute Gasteiger partial charge is 0.407 e. The van der Waals surface area contributed by atoms with Gasteiger partial charge in [-0.05, 0) is 79.4 Å². The third-order valence-electron chi connectivity index (χ3n) is 9.12. The fourth-order valence-corrected chi connectivity index (χ4v) is 8.83. The molecule has 6 heteroatoms. The average Bonchev–Trinajstić information content (AvgIpc) is 3.53. The zero-order valence-corrected chi connectivity index (χ0v) is 22.0. The van der Waals surface area contributed by atoms with Gasteiger partial charge in [0, 0.05) is 29.3 Å². The number of para-hydroxylation sites is 1. The lowest BCUT2D eigenvalue weighted by atomic mass is 9.55. The number of aromatic nitrogens is 1. The Morgan fingerprint density at radius 3 is 2.51 bits per heavy atom. The normalized spacial score (nSPS) is 30.9. The molecule has 192 valence electrons. The summed E-state index contributed by atoms with van der Waals surface area (Å²) >= 11 is 1.79. The van der Waals surface area contributed by atoms with E-state index in [1.165, 1.54) is 48.6 Å². The van der Waals surface area contributed by atoms with Gasteiger partial charge in [-0.25, -0.2) is 4.79 Å². The number of hydrogen-bond acceptors (Lipinski definition) is 4. The first kappa shape index (κ1) is 23.4. The van der Waals surface area contributed by atoms with E-state index in [0.29, 0.717) is 18.3 Å². The van der Waals surface area contributed by atoms with E-state index in [1.807, 2.05) is 6.07 Å². The molecular weight excluding hydrogens is 478 g/mol. The average molecular weight is 514 g/mol. The molecule has 2 aromatic carbocycles. The summed E-state index contributed by atoms with van der Waals surface area (Å²) < 4.78 is 6.22. The van der Waals surface area contributed by atoms with E-state index in [9.17, 15) is 4.79 Å². The zero-order valence-electron chi connectivity index (χ0n) is 21.1. The molecular formula is C31H35N3O2S. The van der Waals surface area contributed by atoms with Crippen LogP contribution in [0, 0.1) is 23.7 Å². The minimum absolute atomic E-state index is 0.0885. The summed E-state index contributed by atoms with van der Waals surface area (Å²) in [5, 5.41) is 5.50. The number of amides is 1. The molecule has 4 aliphatic carbocycles. The van der Waals surface area contributed by atoms with Crippen LogP contribution in [-0.2, 0) is 17.6 Å². The van der Waals surface area contributed by atoms with Crippen molar-refractivity contribution in [3.63, 3.8) is 0 Å². The Bertz CT molecular complexity index is 1270. The number of fused-ring (bicyclic) bond motifs is 1. The number of nitrogens with zero attached hydrogens (tertiary/aromatic N) is 1. The molecule has 2 atom stereocenters. The number of carbonyl (C=O) groups is 1. The van der Waals surface area contributed by atoms with Crippen molar-refractivity contribution < 1.29 is 9.53 Å². The van der Waals surface area contributed by atoms with E-state index in [-0.39, 0.29) is 24.3 Å². The van der Waals surface area contributed by atoms with Crippen LogP contribution < -0.4 is 5.32 Å². The Hall–Kier alpha value is -2.73. The molecule has 0 radical (unpaired) electrons. The Kier molecular flexibility index (Phi) is 6.23. The van der Waals surface area contributed by atoms with E-state index in [2.05, 4.69) is 65.0 Å². The summed E-state index contributed by atoms with van der Waals surface area (Å²) in [6.45, 7) is 0. The maximum absolute atomic E-state index is 13.4. The van der Waals surface area contributed by atoms with Gasteiger partial charge in [-0.15, -0.1) is 11.8 Å². The SMILES string of the molecule is O=C(N[C@H](Cc1c[nH]c2ccccc12)C1=N[C@@H](Cc2ccccc2)CS1)OC1C2CC3CC(C2)CC1C3. The van der Waals surface area contributed by atoms with Gasteiger partial charge in [0.05, 0.1) is 17.1 Å². The van der Waals surface area contributed by atoms with Crippen molar-refractivity contribution in [2.75, 3.05) is 5.75 Å². The molecule has 4 bridgehead atoms. The number of ether oxygens (including phenoxy) is 1. The fraction of sp³-hybridized carbons (Fsp3) is 0.484. The topological polar surface area (TPSA) is 66.5 Å². The Labute approximate surface area is 222 Å². The van der Waals surface area contributed by atoms with E-state index in [4.69, 9.17) is 9.73 Å². The fourth-order valence-electron chi connectivity index (χ4n) is 7.71. The first-order valence-electron chi connectivity index (χ1n) is 13.9. The molecule has 3 aromatic rings. The number of carbonyl (C=O) groups excluding carboxylic acids is 1. The van der Waals surface area contributed by atoms with Crippen LogP contribution in [0.2, 0.25) is 0 Å². The molecule has 5 aliphatic rings. The van der Waals surface area contributed by atoms with Crippen molar-refractivity contribution in [1.29, 1.82) is 0 Å². The molecule has 2 N–H and O–H groups in total. The summed E-state index contributed by atoms with van der Waals surface area (Å²) in [4.78, 5) is 21.9. The lowest BCUT2D eigenvalue weighted by Crippen LogP contribution is -2.52. The lowest BCUT2D eigenvalue weighted by Gasteiger charge is -2.53. The molecule has 8 rings (SSSR count). The number of aromatic amines is 1. The third-order valence-corrected chi connectivity index (χ3v) is 10.4. The van der Waals surface area contributed by atoms with Gasteiger partial charge >= 0.3 is 6.09 Å². The van der Waals surface area contributed by atoms with Gasteiger partial charge < -0.3 is 15.0 Å². The maximum atomic E-state index is 13.4. The van der Waals surface area contributed by atoms with Gasteiger partial charge in [0.1, 0.15) is 6.10 Å². The number of rotatable bonds is 7. The molecule has 1 amide bonds. The highest BCUT2D eigenvalue weighted by Crippen LogP contribution is 2.54. The van der Waals surface area contributed by atoms with Crippen LogP contribution in [0.4, 0.5) is 4.79 Å². The van der Waals surface area contributed by atoms with Gasteiger partial charge in [0.2, 0.25) is 0 Å². The van der Waals surface area contributed by atoms with Crippen LogP contribution in [-0.4, -0.2) is 40.1 Å². The second-order valence-corrected chi connectivity index (χ2v) is 12.7. The summed E-state index contributed by atoms with van der Waals surface area (Å²) in [5.41, 5.74) is 3.63. The third kappa shape index (κ3) is 4.81. The number of aliphatic imine (C=N–C) groups is 1. The van der Waals surface area contributed by atoms with E-state index in [1.54, 1.807) is 11.8 Å². The van der Waals surface area contributed by atoms with Gasteiger partial charge in [0.15, 0.2) is 0 Å². The zero-order chi connectivity index (χ0) is 24.8. The second-order valence-electron chi connectivity index (χ2n) is 11.7. The largest absolute Gasteiger partial charge is 0.446 e. The van der Waals surface area contributed by atoms with E-state index in [0.717, 1.165) is 34.6 Å². The van der Waals surface area contributed by atoms with Crippen molar-refractivity contribution >= 4 is 33.8 Å². The Morgan fingerprint density at radius 2 is 1.73 bits per heavy atom. The van der Waals surface area contributed by atoms with Crippen molar-refractivity contribution in [2.45, 2.75) is 63.1 Å². The Morgan fingerprint density at radius 1 is 1.00 bits per heavy atom. The molecule has 2 heterocycles. The molecule has 1 aromatic heterocycles. The highest BCUT2D eigenvalue weighted by molar-refractivity contribution is 8.14. The number of nitrogens with one attached hydrogen (secondary N) is 2. The molecule has 1 aliphatic heterocycles. The number of thioether (sulfide) groups is 1. The van der Waals surface area contributed by atoms with E-state index < -0.39 is 0 Å². The number of H-pyrrole nitrogens is 1. The van der Waals surface area contributed by atoms with Crippen molar-refractivity contribution in [3.8, 4) is 0 Å². The molecule has 0 spiro atoms. The second kappa shape index (κ2) is 9.86. The highest BCUT2D eigenvalue weighted by atomic mass is 32.2. The predicted molar refractivity (Wildman–Crippen MR) is 150 cm³/mol. The van der Waals surface area contributed by atoms with Crippen LogP contribution in [0.1, 0.15) is 43.2 Å². The summed E-state index contributed by atoms with van der Waals surface area (Å²) in [6, 6.07) is 19.0. The summed E-state index contributed by atoms with van der Waals surface area (Å²) in [6.07, 6.45) is 9.90. The molecule has 4 saturated carbocycles. The van der Waals surface area contributed by atoms with E-state index >= 15 is 0 Å². The van der Waals surface area contributed by atoms with Crippen LogP contribution >= 0.6 is 11.8 Å². The first-order chi connectivity index (χ1) is 18.2. The molecule has 37 heavy (non-hydrogen) atoms. The monoisotopic (exact) mass is 513 g/mol. The summed E-state index contributed by atoms with van der Waals surface area (Å²) in [7, 11) is 0. The van der Waals surface area contributed by atoms with Crippen molar-refractivity contribution in [1.82, 2.24) is 10.3 Å². The number of benzene rings is 2. The molecule has 4 fully saturated rings. The van der Waals surface area contributed by atoms with Crippen molar-refractivity contribution in [2.24, 2.45) is 28.7 Å². The van der Waals surface area contributed by atoms with Crippen LogP contribution in [0.3, 0.4) is 0 Å². The summed E-state index contributed by atoms with van der Waals surface area (Å²) in [5.74, 6) is 3.79. The highest BCUT2D eigenvalue weighted by Gasteiger charge is 2.50. The van der Waals surface area contributed by atoms with Crippen LogP contribution in [0.5, 0.6) is 0 Å². The molecule has 5 nitrogen and oxygen atoms in total. The van der Waals surface area contributed by atoms with Crippen molar-refractivity contribution in [3.05, 3.63) is 71.9 Å². The van der Waals surface area contributed by atoms with Crippen LogP contribution in [0.15, 0.2) is 65.8 Å². The van der Waals surface area contributed by atoms with Gasteiger partial charge in [-0.2, -0.15) is 0 Å². The quantitative estimate of drug-likeness (QED) is 0.385. The van der Waals surface area contributed by atoms with Crippen LogP contribution in [0.25, 0.3) is 10.9 Å². The molecule has 0 saturated heterocycles. The predicted octanol–water partition coefficient (Wildman–Crippen LogP) is 6.39. The van der Waals surface area contributed by atoms with Gasteiger partial charge in [-0.1, -0.05) is 48.5 Å². The number of alkyl carbamates (subject to hydrolysis) is 1. The standard InChI is InChI=1S/C31H35N3O2S/c35-31(36-29-22-11-20-10-21(13-22)14-23(29)12-20)34-28(16-24-17-32-27-9-5-4-8-26(24)27)30-33-25(18-37-30)15-19-6-2-1-3-7-19/h1-9,17,20-23,25,28-29,32H,10-16,18H2,(H,34,35)/t20?,21?,22?,23?,25-,28+,29?/m0/s1. The molecule has 0 unspecified atom stereocenters. The minimum Gasteiger partial charge on any atom is -0.446 e. The van der Waals surface area contributed by atoms with Gasteiger partial charge in [0.25, 0.3) is 0 Å². The Balaban J connectivity index is 1.09. The number of hydrogen-bond donors (Lipinski definition) is 2.